The average molecular weight is 500 g/mol. The van der Waals surface area contributed by atoms with Gasteiger partial charge in [0, 0.05) is 19.1 Å². The molecule has 2 aliphatic rings. The van der Waals surface area contributed by atoms with Crippen molar-refractivity contribution in [1.29, 1.82) is 0 Å². The van der Waals surface area contributed by atoms with E-state index in [-0.39, 0.29) is 29.3 Å². The smallest absolute Gasteiger partial charge is 0.239 e. The highest BCUT2D eigenvalue weighted by Gasteiger charge is 2.41. The van der Waals surface area contributed by atoms with Gasteiger partial charge in [0.2, 0.25) is 15.9 Å². The summed E-state index contributed by atoms with van der Waals surface area (Å²) in [7, 11) is -6.76. The number of para-hydroxylation sites is 1. The molecule has 0 spiro atoms. The van der Waals surface area contributed by atoms with Crippen LogP contribution in [0, 0.1) is 5.92 Å². The first-order valence-electron chi connectivity index (χ1n) is 11.7. The molecule has 0 radical (unpaired) electrons. The number of fused-ring (bicyclic) bond motifs is 1. The zero-order valence-electron chi connectivity index (χ0n) is 20.0. The highest BCUT2D eigenvalue weighted by Crippen LogP contribution is 2.38. The summed E-state index contributed by atoms with van der Waals surface area (Å²) in [6.45, 7) is 7.83. The predicted octanol–water partition coefficient (Wildman–Crippen LogP) is 2.45. The van der Waals surface area contributed by atoms with Crippen LogP contribution in [-0.4, -0.2) is 58.4 Å². The highest BCUT2D eigenvalue weighted by molar-refractivity contribution is 7.93. The molecule has 0 saturated heterocycles. The third-order valence-corrected chi connectivity index (χ3v) is 11.3. The maximum atomic E-state index is 13.1. The van der Waals surface area contributed by atoms with E-state index in [1.54, 1.807) is 52.0 Å². The van der Waals surface area contributed by atoms with E-state index in [0.29, 0.717) is 25.2 Å². The van der Waals surface area contributed by atoms with Crippen LogP contribution in [-0.2, 0) is 24.7 Å². The fourth-order valence-electron chi connectivity index (χ4n) is 4.42. The normalized spacial score (nSPS) is 24.7. The second-order valence-electron chi connectivity index (χ2n) is 10.1. The van der Waals surface area contributed by atoms with E-state index in [9.17, 15) is 21.6 Å². The molecule has 186 valence electrons. The van der Waals surface area contributed by atoms with Gasteiger partial charge in [-0.1, -0.05) is 12.1 Å². The van der Waals surface area contributed by atoms with Gasteiger partial charge in [0.1, 0.15) is 0 Å². The fraction of sp³-hybridized carbons (Fsp3) is 0.696. The van der Waals surface area contributed by atoms with Gasteiger partial charge in [-0.15, -0.1) is 0 Å². The molecule has 0 atom stereocenters. The Morgan fingerprint density at radius 1 is 1.15 bits per heavy atom. The number of nitrogens with one attached hydrogen (secondary N) is 2. The lowest BCUT2D eigenvalue weighted by atomic mass is 9.86. The van der Waals surface area contributed by atoms with E-state index in [0.717, 1.165) is 25.7 Å². The minimum atomic E-state index is -3.50. The Morgan fingerprint density at radius 2 is 1.79 bits per heavy atom. The van der Waals surface area contributed by atoms with Gasteiger partial charge in [0.15, 0.2) is 9.84 Å². The molecule has 1 amide bonds. The maximum absolute atomic E-state index is 13.1. The Kier molecular flexibility index (Phi) is 7.80. The van der Waals surface area contributed by atoms with Crippen LogP contribution in [0.1, 0.15) is 59.8 Å². The van der Waals surface area contributed by atoms with Crippen molar-refractivity contribution in [2.45, 2.75) is 80.7 Å². The van der Waals surface area contributed by atoms with Gasteiger partial charge in [-0.3, -0.25) is 4.79 Å². The van der Waals surface area contributed by atoms with Crippen molar-refractivity contribution in [2.75, 3.05) is 24.5 Å². The Hall–Kier alpha value is -1.65. The molecule has 1 aliphatic heterocycles. The molecular formula is C23H37N3O5S2. The molecule has 1 aromatic rings. The molecule has 0 aromatic heterocycles. The number of carbonyl (C=O) groups excluding carboxylic acids is 1. The van der Waals surface area contributed by atoms with E-state index in [4.69, 9.17) is 0 Å². The number of sulfonamides is 1. The molecule has 33 heavy (non-hydrogen) atoms. The zero-order valence-corrected chi connectivity index (χ0v) is 21.6. The Labute approximate surface area is 198 Å². The van der Waals surface area contributed by atoms with Gasteiger partial charge in [-0.25, -0.2) is 21.6 Å². The van der Waals surface area contributed by atoms with Crippen LogP contribution in [0.4, 0.5) is 5.69 Å². The molecule has 10 heteroatoms. The molecule has 1 aliphatic carbocycles. The van der Waals surface area contributed by atoms with Crippen LogP contribution in [0.2, 0.25) is 0 Å². The molecule has 8 nitrogen and oxygen atoms in total. The fourth-order valence-corrected chi connectivity index (χ4v) is 6.91. The quantitative estimate of drug-likeness (QED) is 0.596. The number of anilines is 1. The maximum Gasteiger partial charge on any atom is 0.239 e. The topological polar surface area (TPSA) is 113 Å². The van der Waals surface area contributed by atoms with Crippen molar-refractivity contribution in [2.24, 2.45) is 5.92 Å². The third kappa shape index (κ3) is 5.89. The minimum absolute atomic E-state index is 0.0536. The van der Waals surface area contributed by atoms with Gasteiger partial charge in [-0.05, 0) is 77.8 Å². The first-order chi connectivity index (χ1) is 15.3. The Balaban J connectivity index is 1.56. The number of nitrogens with zero attached hydrogens (tertiary/aromatic N) is 1. The number of carbonyl (C=O) groups is 1. The van der Waals surface area contributed by atoms with E-state index in [1.165, 1.54) is 0 Å². The summed E-state index contributed by atoms with van der Waals surface area (Å²) in [5.74, 6) is 0.155. The van der Waals surface area contributed by atoms with E-state index in [1.807, 2.05) is 4.90 Å². The van der Waals surface area contributed by atoms with Crippen molar-refractivity contribution < 1.29 is 21.6 Å². The highest BCUT2D eigenvalue weighted by atomic mass is 32.2. The van der Waals surface area contributed by atoms with Crippen LogP contribution in [0.15, 0.2) is 29.2 Å². The Morgan fingerprint density at radius 3 is 2.42 bits per heavy atom. The number of sulfone groups is 1. The molecule has 3 rings (SSSR count). The number of amides is 1. The Bertz CT molecular complexity index is 1060. The average Bonchev–Trinajstić information content (AvgIpc) is 2.82. The van der Waals surface area contributed by atoms with Crippen LogP contribution < -0.4 is 14.9 Å². The standard InChI is InChI=1S/C23H37N3O5S2/c1-17(2)33(30,31)24-15-18-9-11-19(12-10-18)25-22(27)16-26-14-13-23(3,4)32(28,29)21-8-6-5-7-20(21)26/h5-8,17-19,24H,9-16H2,1-4H3,(H,25,27). The number of rotatable bonds is 7. The molecule has 1 fully saturated rings. The molecule has 0 bridgehead atoms. The van der Waals surface area contributed by atoms with Gasteiger partial charge in [0.05, 0.1) is 27.1 Å². The number of hydrogen-bond acceptors (Lipinski definition) is 6. The van der Waals surface area contributed by atoms with Gasteiger partial charge < -0.3 is 10.2 Å². The number of hydrogen-bond donors (Lipinski definition) is 2. The SMILES string of the molecule is CC(C)S(=O)(=O)NCC1CCC(NC(=O)CN2CCC(C)(C)S(=O)(=O)c3ccccc32)CC1. The summed E-state index contributed by atoms with van der Waals surface area (Å²) in [5.41, 5.74) is 0.583. The molecule has 2 N–H and O–H groups in total. The lowest BCUT2D eigenvalue weighted by Gasteiger charge is -2.30. The second kappa shape index (κ2) is 9.92. The predicted molar refractivity (Wildman–Crippen MR) is 130 cm³/mol. The summed E-state index contributed by atoms with van der Waals surface area (Å²) in [5, 5.41) is 2.65. The van der Waals surface area contributed by atoms with Gasteiger partial charge >= 0.3 is 0 Å². The monoisotopic (exact) mass is 499 g/mol. The third-order valence-electron chi connectivity index (χ3n) is 6.95. The first kappa shape index (κ1) is 26.0. The van der Waals surface area contributed by atoms with Crippen LogP contribution in [0.3, 0.4) is 0 Å². The van der Waals surface area contributed by atoms with Gasteiger partial charge in [0.25, 0.3) is 0 Å². The summed E-state index contributed by atoms with van der Waals surface area (Å²) in [6.07, 6.45) is 3.75. The number of benzene rings is 1. The summed E-state index contributed by atoms with van der Waals surface area (Å²) in [4.78, 5) is 15.0. The van der Waals surface area contributed by atoms with Crippen molar-refractivity contribution in [3.05, 3.63) is 24.3 Å². The zero-order chi connectivity index (χ0) is 24.4. The summed E-state index contributed by atoms with van der Waals surface area (Å²) >= 11 is 0. The molecule has 1 heterocycles. The molecular weight excluding hydrogens is 462 g/mol. The second-order valence-corrected chi connectivity index (χ2v) is 15.0. The molecule has 1 saturated carbocycles. The van der Waals surface area contributed by atoms with Crippen molar-refractivity contribution in [3.63, 3.8) is 0 Å². The van der Waals surface area contributed by atoms with Gasteiger partial charge in [-0.2, -0.15) is 0 Å². The van der Waals surface area contributed by atoms with Crippen LogP contribution in [0.5, 0.6) is 0 Å². The van der Waals surface area contributed by atoms with E-state index in [2.05, 4.69) is 10.0 Å². The van der Waals surface area contributed by atoms with E-state index < -0.39 is 29.9 Å². The molecule has 0 unspecified atom stereocenters. The van der Waals surface area contributed by atoms with Crippen LogP contribution >= 0.6 is 0 Å². The van der Waals surface area contributed by atoms with Crippen molar-refractivity contribution in [1.82, 2.24) is 10.0 Å². The lowest BCUT2D eigenvalue weighted by Crippen LogP contribution is -2.45. The summed E-state index contributed by atoms with van der Waals surface area (Å²) < 4.78 is 51.9. The van der Waals surface area contributed by atoms with Crippen molar-refractivity contribution >= 4 is 31.5 Å². The van der Waals surface area contributed by atoms with Crippen molar-refractivity contribution in [3.8, 4) is 0 Å². The first-order valence-corrected chi connectivity index (χ1v) is 14.7. The van der Waals surface area contributed by atoms with Crippen LogP contribution in [0.25, 0.3) is 0 Å². The minimum Gasteiger partial charge on any atom is -0.361 e. The largest absolute Gasteiger partial charge is 0.361 e. The van der Waals surface area contributed by atoms with E-state index >= 15 is 0 Å². The lowest BCUT2D eigenvalue weighted by molar-refractivity contribution is -0.120. The summed E-state index contributed by atoms with van der Waals surface area (Å²) in [6, 6.07) is 6.96. The molecule has 1 aromatic carbocycles.